The summed E-state index contributed by atoms with van der Waals surface area (Å²) in [6.45, 7) is 13.3. The lowest BCUT2D eigenvalue weighted by molar-refractivity contribution is 0.367. The number of phenolic OH excluding ortho intramolecular Hbond substituents is 2. The summed E-state index contributed by atoms with van der Waals surface area (Å²) in [6.07, 6.45) is 9.92. The summed E-state index contributed by atoms with van der Waals surface area (Å²) < 4.78 is 0. The highest BCUT2D eigenvalue weighted by molar-refractivity contribution is 5.85. The Morgan fingerprint density at radius 3 is 1.91 bits per heavy atom. The van der Waals surface area contributed by atoms with Gasteiger partial charge in [0.15, 0.2) is 0 Å². The van der Waals surface area contributed by atoms with Crippen molar-refractivity contribution in [3.05, 3.63) is 58.7 Å². The highest BCUT2D eigenvalue weighted by Gasteiger charge is 2.52. The van der Waals surface area contributed by atoms with Crippen LogP contribution in [0.2, 0.25) is 0 Å². The van der Waals surface area contributed by atoms with E-state index in [4.69, 9.17) is 9.98 Å². The van der Waals surface area contributed by atoms with Crippen LogP contribution in [-0.2, 0) is 12.8 Å². The molecule has 2 bridgehead atoms. The lowest BCUT2D eigenvalue weighted by Crippen LogP contribution is -2.34. The number of rotatable bonds is 6. The Morgan fingerprint density at radius 1 is 0.857 bits per heavy atom. The number of aromatic hydroxyl groups is 2. The molecule has 3 unspecified atom stereocenters. The van der Waals surface area contributed by atoms with Gasteiger partial charge in [0.1, 0.15) is 11.5 Å². The molecular weight excluding hydrogens is 432 g/mol. The van der Waals surface area contributed by atoms with Gasteiger partial charge in [0.05, 0.1) is 11.6 Å². The third-order valence-corrected chi connectivity index (χ3v) is 7.31. The van der Waals surface area contributed by atoms with E-state index >= 15 is 0 Å². The van der Waals surface area contributed by atoms with E-state index in [-0.39, 0.29) is 33.9 Å². The monoisotopic (exact) mass is 474 g/mol. The second kappa shape index (κ2) is 9.44. The maximum absolute atomic E-state index is 10.5. The van der Waals surface area contributed by atoms with Crippen molar-refractivity contribution in [2.45, 2.75) is 91.6 Å². The molecule has 2 aliphatic rings. The SMILES string of the molecule is CC(C)(C)Cc1ccc(O)c(C=NC2CC3CCC2(N=Cc2cc(CC(C)(C)C)ccc2O)C3)c1. The van der Waals surface area contributed by atoms with E-state index < -0.39 is 0 Å². The number of hydrogen-bond donors (Lipinski definition) is 2. The van der Waals surface area contributed by atoms with E-state index in [2.05, 4.69) is 53.7 Å². The molecule has 0 aromatic heterocycles. The smallest absolute Gasteiger partial charge is 0.124 e. The summed E-state index contributed by atoms with van der Waals surface area (Å²) in [4.78, 5) is 10.1. The molecule has 0 saturated heterocycles. The first-order valence-electron chi connectivity index (χ1n) is 13.0. The van der Waals surface area contributed by atoms with E-state index in [1.54, 1.807) is 12.1 Å². The van der Waals surface area contributed by atoms with Crippen molar-refractivity contribution in [3.63, 3.8) is 0 Å². The predicted molar refractivity (Wildman–Crippen MR) is 146 cm³/mol. The van der Waals surface area contributed by atoms with Gasteiger partial charge in [0.2, 0.25) is 0 Å². The van der Waals surface area contributed by atoms with Gasteiger partial charge in [-0.15, -0.1) is 0 Å². The second-order valence-electron chi connectivity index (χ2n) is 13.3. The number of benzene rings is 2. The summed E-state index contributed by atoms with van der Waals surface area (Å²) in [5, 5.41) is 20.9. The van der Waals surface area contributed by atoms with Crippen molar-refractivity contribution < 1.29 is 10.2 Å². The quantitative estimate of drug-likeness (QED) is 0.438. The van der Waals surface area contributed by atoms with Gasteiger partial charge < -0.3 is 10.2 Å². The molecule has 2 aliphatic carbocycles. The van der Waals surface area contributed by atoms with Crippen LogP contribution >= 0.6 is 0 Å². The van der Waals surface area contributed by atoms with E-state index in [1.807, 2.05) is 24.6 Å². The standard InChI is InChI=1S/C31H42N2O2/c1-29(2,3)16-21-7-9-26(34)24(13-21)19-32-28-15-23-11-12-31(28,18-23)33-20-25-14-22(8-10-27(25)35)17-30(4,5)6/h7-10,13-14,19-20,23,28,34-35H,11-12,15-18H2,1-6H3. The number of nitrogens with zero attached hydrogens (tertiary/aromatic N) is 2. The van der Waals surface area contributed by atoms with Gasteiger partial charge in [-0.3, -0.25) is 9.98 Å². The first-order valence-corrected chi connectivity index (χ1v) is 13.0. The molecule has 0 amide bonds. The van der Waals surface area contributed by atoms with Gasteiger partial charge in [0.25, 0.3) is 0 Å². The second-order valence-corrected chi connectivity index (χ2v) is 13.3. The van der Waals surface area contributed by atoms with E-state index in [9.17, 15) is 10.2 Å². The van der Waals surface area contributed by atoms with Crippen molar-refractivity contribution in [1.29, 1.82) is 0 Å². The van der Waals surface area contributed by atoms with Crippen LogP contribution in [0, 0.1) is 16.7 Å². The van der Waals surface area contributed by atoms with Gasteiger partial charge in [-0.25, -0.2) is 0 Å². The molecule has 0 spiro atoms. The predicted octanol–water partition coefficient (Wildman–Crippen LogP) is 7.12. The van der Waals surface area contributed by atoms with Gasteiger partial charge in [-0.05, 0) is 90.7 Å². The molecule has 3 atom stereocenters. The Balaban J connectivity index is 1.56. The molecule has 2 saturated carbocycles. The summed E-state index contributed by atoms with van der Waals surface area (Å²) >= 11 is 0. The molecule has 188 valence electrons. The highest BCUT2D eigenvalue weighted by Crippen LogP contribution is 2.51. The van der Waals surface area contributed by atoms with Crippen LogP contribution in [0.4, 0.5) is 0 Å². The molecule has 35 heavy (non-hydrogen) atoms. The van der Waals surface area contributed by atoms with E-state index in [1.165, 1.54) is 17.5 Å². The van der Waals surface area contributed by atoms with Crippen LogP contribution < -0.4 is 0 Å². The largest absolute Gasteiger partial charge is 0.507 e. The number of phenols is 2. The van der Waals surface area contributed by atoms with Gasteiger partial charge in [0, 0.05) is 23.6 Å². The number of fused-ring (bicyclic) bond motifs is 2. The zero-order valence-electron chi connectivity index (χ0n) is 22.3. The lowest BCUT2D eigenvalue weighted by Gasteiger charge is -2.28. The first-order chi connectivity index (χ1) is 16.3. The van der Waals surface area contributed by atoms with Crippen LogP contribution in [0.5, 0.6) is 11.5 Å². The minimum absolute atomic E-state index is 0.100. The van der Waals surface area contributed by atoms with Gasteiger partial charge >= 0.3 is 0 Å². The molecule has 2 aromatic rings. The Labute approximate surface area is 211 Å². The molecule has 0 radical (unpaired) electrons. The zero-order chi connectivity index (χ0) is 25.4. The molecule has 0 heterocycles. The minimum Gasteiger partial charge on any atom is -0.507 e. The van der Waals surface area contributed by atoms with E-state index in [0.29, 0.717) is 5.92 Å². The third-order valence-electron chi connectivity index (χ3n) is 7.31. The molecule has 4 rings (SSSR count). The average Bonchev–Trinajstić information content (AvgIpc) is 3.31. The fraction of sp³-hybridized carbons (Fsp3) is 0.548. The summed E-state index contributed by atoms with van der Waals surface area (Å²) in [6, 6.07) is 11.8. The van der Waals surface area contributed by atoms with Crippen molar-refractivity contribution in [1.82, 2.24) is 0 Å². The zero-order valence-corrected chi connectivity index (χ0v) is 22.3. The Morgan fingerprint density at radius 2 is 1.40 bits per heavy atom. The first kappa shape index (κ1) is 25.5. The fourth-order valence-electron chi connectivity index (χ4n) is 5.83. The lowest BCUT2D eigenvalue weighted by atomic mass is 9.87. The van der Waals surface area contributed by atoms with Crippen LogP contribution in [0.25, 0.3) is 0 Å². The summed E-state index contributed by atoms with van der Waals surface area (Å²) in [5.74, 6) is 1.19. The van der Waals surface area contributed by atoms with Crippen LogP contribution in [0.15, 0.2) is 46.4 Å². The fourth-order valence-corrected chi connectivity index (χ4v) is 5.83. The molecular formula is C31H42N2O2. The molecule has 4 heteroatoms. The Hall–Kier alpha value is -2.62. The number of hydrogen-bond acceptors (Lipinski definition) is 4. The maximum Gasteiger partial charge on any atom is 0.124 e. The van der Waals surface area contributed by atoms with E-state index in [0.717, 1.165) is 43.2 Å². The number of aliphatic imine (C=N–C) groups is 2. The Kier molecular flexibility index (Phi) is 6.87. The molecule has 2 fully saturated rings. The highest BCUT2D eigenvalue weighted by atomic mass is 16.3. The van der Waals surface area contributed by atoms with Crippen molar-refractivity contribution in [2.24, 2.45) is 26.7 Å². The summed E-state index contributed by atoms with van der Waals surface area (Å²) in [5.41, 5.74) is 4.14. The molecule has 2 N–H and O–H groups in total. The van der Waals surface area contributed by atoms with Crippen LogP contribution in [-0.4, -0.2) is 34.2 Å². The van der Waals surface area contributed by atoms with Crippen molar-refractivity contribution in [2.75, 3.05) is 0 Å². The maximum atomic E-state index is 10.5. The van der Waals surface area contributed by atoms with Gasteiger partial charge in [-0.2, -0.15) is 0 Å². The molecule has 4 nitrogen and oxygen atoms in total. The minimum atomic E-state index is -0.216. The van der Waals surface area contributed by atoms with Crippen molar-refractivity contribution in [3.8, 4) is 11.5 Å². The summed E-state index contributed by atoms with van der Waals surface area (Å²) in [7, 11) is 0. The normalized spacial score (nSPS) is 24.7. The topological polar surface area (TPSA) is 65.2 Å². The third kappa shape index (κ3) is 6.34. The molecule has 0 aliphatic heterocycles. The van der Waals surface area contributed by atoms with Crippen LogP contribution in [0.3, 0.4) is 0 Å². The Bertz CT molecular complexity index is 1120. The van der Waals surface area contributed by atoms with Crippen LogP contribution in [0.1, 0.15) is 89.5 Å². The molecule has 2 aromatic carbocycles. The average molecular weight is 475 g/mol. The van der Waals surface area contributed by atoms with Crippen molar-refractivity contribution >= 4 is 12.4 Å². The van der Waals surface area contributed by atoms with Gasteiger partial charge in [-0.1, -0.05) is 53.7 Å².